The lowest BCUT2D eigenvalue weighted by Crippen LogP contribution is -2.41. The minimum atomic E-state index is -3.79. The van der Waals surface area contributed by atoms with Gasteiger partial charge < -0.3 is 24.7 Å². The molecule has 0 atom stereocenters. The van der Waals surface area contributed by atoms with E-state index in [1.165, 1.54) is 0 Å². The van der Waals surface area contributed by atoms with E-state index in [9.17, 15) is 13.2 Å². The average Bonchev–Trinajstić information content (AvgIpc) is 3.65. The number of urea groups is 1. The predicted molar refractivity (Wildman–Crippen MR) is 158 cm³/mol. The van der Waals surface area contributed by atoms with Gasteiger partial charge in [0.25, 0.3) is 0 Å². The van der Waals surface area contributed by atoms with E-state index in [1.54, 1.807) is 0 Å². The molecule has 0 spiro atoms. The number of hydrogen-bond acceptors (Lipinski definition) is 5. The number of hydrogen-bond donors (Lipinski definition) is 3. The molecular formula is C31H38N4O5S. The van der Waals surface area contributed by atoms with Crippen molar-refractivity contribution >= 4 is 32.6 Å². The van der Waals surface area contributed by atoms with Gasteiger partial charge in [-0.1, -0.05) is 12.1 Å². The number of nitrogens with zero attached hydrogens (tertiary/aromatic N) is 1. The van der Waals surface area contributed by atoms with E-state index in [1.807, 2.05) is 42.5 Å². The van der Waals surface area contributed by atoms with E-state index in [-0.39, 0.29) is 30.3 Å². The maximum absolute atomic E-state index is 13.9. The van der Waals surface area contributed by atoms with Gasteiger partial charge in [-0.3, -0.25) is 0 Å². The number of amides is 2. The van der Waals surface area contributed by atoms with Crippen LogP contribution < -0.4 is 20.1 Å². The number of anilines is 1. The van der Waals surface area contributed by atoms with Crippen LogP contribution >= 0.6 is 0 Å². The highest BCUT2D eigenvalue weighted by Crippen LogP contribution is 2.46. The first-order valence-electron chi connectivity index (χ1n) is 15.1. The molecule has 2 heterocycles. The Morgan fingerprint density at radius 3 is 2.24 bits per heavy atom. The molecule has 41 heavy (non-hydrogen) atoms. The molecule has 4 fully saturated rings. The fourth-order valence-corrected chi connectivity index (χ4v) is 7.71. The fourth-order valence-electron chi connectivity index (χ4n) is 5.98. The number of carbonyl (C=O) groups is 1. The van der Waals surface area contributed by atoms with Crippen molar-refractivity contribution in [1.29, 1.82) is 0 Å². The van der Waals surface area contributed by atoms with Gasteiger partial charge in [0.15, 0.2) is 0 Å². The van der Waals surface area contributed by atoms with Crippen molar-refractivity contribution in [2.75, 3.05) is 18.5 Å². The van der Waals surface area contributed by atoms with Crippen molar-refractivity contribution < 1.29 is 22.7 Å². The van der Waals surface area contributed by atoms with Crippen LogP contribution in [0, 0.1) is 0 Å². The molecule has 2 amide bonds. The number of rotatable bonds is 9. The Morgan fingerprint density at radius 2 is 1.61 bits per heavy atom. The van der Waals surface area contributed by atoms with E-state index in [0.29, 0.717) is 34.9 Å². The van der Waals surface area contributed by atoms with Gasteiger partial charge in [0, 0.05) is 48.1 Å². The van der Waals surface area contributed by atoms with Crippen LogP contribution in [0.3, 0.4) is 0 Å². The zero-order valence-electron chi connectivity index (χ0n) is 23.2. The third-order valence-corrected chi connectivity index (χ3v) is 10.5. The second-order valence-electron chi connectivity index (χ2n) is 11.9. The van der Waals surface area contributed by atoms with Gasteiger partial charge in [-0.25, -0.2) is 17.9 Å². The largest absolute Gasteiger partial charge is 0.490 e. The standard InChI is InChI=1S/C31H38N4O5S/c36-31(32-21-3-1-4-21)33-22-9-7-20(8-10-22)29-30(41(37,38)34-23-11-12-23)27-14-13-26(40-25-15-17-39-18-16-25)19-28(27)35(29)24-5-2-6-24/h7-10,13-14,19,21,23-25,34H,1-6,11-12,15-18H2,(H2,32,33,36). The molecule has 0 bridgehead atoms. The quantitative estimate of drug-likeness (QED) is 0.301. The second-order valence-corrected chi connectivity index (χ2v) is 13.6. The number of carbonyl (C=O) groups excluding carboxylic acids is 1. The first kappa shape index (κ1) is 26.8. The molecule has 10 heteroatoms. The summed E-state index contributed by atoms with van der Waals surface area (Å²) in [6.45, 7) is 1.38. The minimum absolute atomic E-state index is 0.00756. The van der Waals surface area contributed by atoms with Crippen molar-refractivity contribution in [2.45, 2.75) is 93.3 Å². The molecule has 1 aliphatic heterocycles. The number of sulfonamides is 1. The Hall–Kier alpha value is -3.08. The SMILES string of the molecule is O=C(Nc1ccc(-c2c(S(=O)(=O)NC3CC3)c3ccc(OC4CCOCC4)cc3n2C2CCC2)cc1)NC1CCC1. The lowest BCUT2D eigenvalue weighted by Gasteiger charge is -2.30. The number of aromatic nitrogens is 1. The summed E-state index contributed by atoms with van der Waals surface area (Å²) in [7, 11) is -3.79. The summed E-state index contributed by atoms with van der Waals surface area (Å²) in [5.74, 6) is 0.755. The zero-order valence-corrected chi connectivity index (χ0v) is 24.0. The zero-order chi connectivity index (χ0) is 28.0. The monoisotopic (exact) mass is 578 g/mol. The predicted octanol–water partition coefficient (Wildman–Crippen LogP) is 5.71. The van der Waals surface area contributed by atoms with Crippen LogP contribution in [0.4, 0.5) is 10.5 Å². The molecule has 3 aliphatic carbocycles. The van der Waals surface area contributed by atoms with Crippen molar-refractivity contribution in [1.82, 2.24) is 14.6 Å². The molecule has 3 N–H and O–H groups in total. The van der Waals surface area contributed by atoms with Crippen LogP contribution in [0.5, 0.6) is 5.75 Å². The van der Waals surface area contributed by atoms with Gasteiger partial charge in [-0.15, -0.1) is 0 Å². The van der Waals surface area contributed by atoms with E-state index in [4.69, 9.17) is 9.47 Å². The average molecular weight is 579 g/mol. The van der Waals surface area contributed by atoms with Crippen molar-refractivity contribution in [3.63, 3.8) is 0 Å². The summed E-state index contributed by atoms with van der Waals surface area (Å²) in [4.78, 5) is 12.7. The maximum atomic E-state index is 13.9. The Bertz CT molecular complexity index is 1530. The third-order valence-electron chi connectivity index (χ3n) is 8.86. The summed E-state index contributed by atoms with van der Waals surface area (Å²) in [6.07, 6.45) is 9.81. The number of fused-ring (bicyclic) bond motifs is 1. The molecular weight excluding hydrogens is 540 g/mol. The van der Waals surface area contributed by atoms with Gasteiger partial charge in [0.1, 0.15) is 16.7 Å². The van der Waals surface area contributed by atoms with E-state index >= 15 is 0 Å². The summed E-state index contributed by atoms with van der Waals surface area (Å²) in [6, 6.07) is 13.6. The lowest BCUT2D eigenvalue weighted by molar-refractivity contribution is 0.0256. The van der Waals surface area contributed by atoms with Crippen molar-refractivity contribution in [3.05, 3.63) is 42.5 Å². The number of ether oxygens (including phenoxy) is 2. The molecule has 7 rings (SSSR count). The van der Waals surface area contributed by atoms with E-state index in [2.05, 4.69) is 19.9 Å². The van der Waals surface area contributed by atoms with Gasteiger partial charge in [-0.2, -0.15) is 0 Å². The summed E-state index contributed by atoms with van der Waals surface area (Å²) >= 11 is 0. The van der Waals surface area contributed by atoms with Crippen LogP contribution in [-0.4, -0.2) is 50.4 Å². The van der Waals surface area contributed by atoms with Crippen molar-refractivity contribution in [2.24, 2.45) is 0 Å². The molecule has 1 aromatic heterocycles. The minimum Gasteiger partial charge on any atom is -0.490 e. The molecule has 3 saturated carbocycles. The lowest BCUT2D eigenvalue weighted by atomic mass is 9.92. The first-order chi connectivity index (χ1) is 19.9. The molecule has 0 unspecified atom stereocenters. The Balaban J connectivity index is 1.29. The van der Waals surface area contributed by atoms with Gasteiger partial charge in [0.2, 0.25) is 10.0 Å². The molecule has 2 aromatic carbocycles. The molecule has 9 nitrogen and oxygen atoms in total. The molecule has 1 saturated heterocycles. The molecule has 218 valence electrons. The van der Waals surface area contributed by atoms with Crippen LogP contribution in [0.1, 0.15) is 70.3 Å². The Morgan fingerprint density at radius 1 is 0.878 bits per heavy atom. The van der Waals surface area contributed by atoms with Gasteiger partial charge >= 0.3 is 6.03 Å². The van der Waals surface area contributed by atoms with Gasteiger partial charge in [0.05, 0.1) is 24.4 Å². The second kappa shape index (κ2) is 11.0. The Labute approximate surface area is 241 Å². The smallest absolute Gasteiger partial charge is 0.319 e. The highest BCUT2D eigenvalue weighted by atomic mass is 32.2. The van der Waals surface area contributed by atoms with Crippen LogP contribution in [0.25, 0.3) is 22.2 Å². The van der Waals surface area contributed by atoms with Crippen LogP contribution in [-0.2, 0) is 14.8 Å². The number of benzene rings is 2. The number of nitrogens with one attached hydrogen (secondary N) is 3. The highest BCUT2D eigenvalue weighted by molar-refractivity contribution is 7.90. The molecule has 0 radical (unpaired) electrons. The van der Waals surface area contributed by atoms with Crippen LogP contribution in [0.2, 0.25) is 0 Å². The van der Waals surface area contributed by atoms with E-state index < -0.39 is 10.0 Å². The maximum Gasteiger partial charge on any atom is 0.319 e. The summed E-state index contributed by atoms with van der Waals surface area (Å²) < 4.78 is 44.9. The molecule has 3 aromatic rings. The summed E-state index contributed by atoms with van der Waals surface area (Å²) in [5.41, 5.74) is 3.06. The Kier molecular flexibility index (Phi) is 7.16. The fraction of sp³-hybridized carbons (Fsp3) is 0.516. The normalized spacial score (nSPS) is 20.4. The third kappa shape index (κ3) is 5.57. The topological polar surface area (TPSA) is 111 Å². The first-order valence-corrected chi connectivity index (χ1v) is 16.6. The highest BCUT2D eigenvalue weighted by Gasteiger charge is 2.36. The van der Waals surface area contributed by atoms with Crippen molar-refractivity contribution in [3.8, 4) is 17.0 Å². The molecule has 4 aliphatic rings. The summed E-state index contributed by atoms with van der Waals surface area (Å²) in [5, 5.41) is 6.62. The van der Waals surface area contributed by atoms with Gasteiger partial charge in [-0.05, 0) is 81.2 Å². The van der Waals surface area contributed by atoms with Crippen LogP contribution in [0.15, 0.2) is 47.4 Å². The van der Waals surface area contributed by atoms with E-state index in [0.717, 1.165) is 81.0 Å².